The molecule has 1 fully saturated rings. The van der Waals surface area contributed by atoms with Gasteiger partial charge in [0.05, 0.1) is 0 Å². The minimum absolute atomic E-state index is 0.110. The third-order valence-corrected chi connectivity index (χ3v) is 2.13. The SMILES string of the molecule is Nc1cc(C(=O)N2CCCC2)on1. The highest BCUT2D eigenvalue weighted by Gasteiger charge is 2.22. The first-order valence-electron chi connectivity index (χ1n) is 4.29. The van der Waals surface area contributed by atoms with Gasteiger partial charge < -0.3 is 15.2 Å². The molecular weight excluding hydrogens is 170 g/mol. The fourth-order valence-corrected chi connectivity index (χ4v) is 1.47. The normalized spacial score (nSPS) is 16.5. The summed E-state index contributed by atoms with van der Waals surface area (Å²) in [5.41, 5.74) is 5.34. The summed E-state index contributed by atoms with van der Waals surface area (Å²) in [5.74, 6) is 0.378. The number of carbonyl (C=O) groups is 1. The summed E-state index contributed by atoms with van der Waals surface area (Å²) in [7, 11) is 0. The average Bonchev–Trinajstić information content (AvgIpc) is 2.72. The van der Waals surface area contributed by atoms with Crippen molar-refractivity contribution in [1.29, 1.82) is 0 Å². The fourth-order valence-electron chi connectivity index (χ4n) is 1.47. The van der Waals surface area contributed by atoms with E-state index in [0.717, 1.165) is 25.9 Å². The van der Waals surface area contributed by atoms with E-state index in [1.54, 1.807) is 4.90 Å². The largest absolute Gasteiger partial charge is 0.381 e. The molecule has 70 valence electrons. The van der Waals surface area contributed by atoms with Crippen molar-refractivity contribution in [2.75, 3.05) is 18.8 Å². The lowest BCUT2D eigenvalue weighted by Crippen LogP contribution is -2.27. The number of hydrogen-bond acceptors (Lipinski definition) is 4. The Hall–Kier alpha value is -1.52. The molecule has 2 heterocycles. The van der Waals surface area contributed by atoms with E-state index < -0.39 is 0 Å². The highest BCUT2D eigenvalue weighted by atomic mass is 16.5. The molecule has 0 unspecified atom stereocenters. The van der Waals surface area contributed by atoms with Crippen LogP contribution >= 0.6 is 0 Å². The van der Waals surface area contributed by atoms with Gasteiger partial charge in [0.2, 0.25) is 5.76 Å². The number of carbonyl (C=O) groups excluding carboxylic acids is 1. The predicted octanol–water partition coefficient (Wildman–Crippen LogP) is 0.493. The molecule has 5 heteroatoms. The van der Waals surface area contributed by atoms with E-state index in [1.165, 1.54) is 6.07 Å². The van der Waals surface area contributed by atoms with Crippen LogP contribution in [0.1, 0.15) is 23.4 Å². The number of hydrogen-bond donors (Lipinski definition) is 1. The van der Waals surface area contributed by atoms with Crippen LogP contribution in [0.5, 0.6) is 0 Å². The first kappa shape index (κ1) is 8.10. The van der Waals surface area contributed by atoms with Crippen LogP contribution in [0, 0.1) is 0 Å². The van der Waals surface area contributed by atoms with Gasteiger partial charge in [0.15, 0.2) is 5.82 Å². The van der Waals surface area contributed by atoms with Crippen LogP contribution in [-0.4, -0.2) is 29.1 Å². The van der Waals surface area contributed by atoms with Gasteiger partial charge >= 0.3 is 0 Å². The molecule has 1 amide bonds. The molecule has 1 saturated heterocycles. The van der Waals surface area contributed by atoms with Crippen molar-refractivity contribution in [1.82, 2.24) is 10.1 Å². The molecule has 0 bridgehead atoms. The maximum Gasteiger partial charge on any atom is 0.292 e. The van der Waals surface area contributed by atoms with Crippen molar-refractivity contribution in [2.45, 2.75) is 12.8 Å². The lowest BCUT2D eigenvalue weighted by molar-refractivity contribution is 0.0751. The molecule has 2 N–H and O–H groups in total. The maximum absolute atomic E-state index is 11.6. The zero-order chi connectivity index (χ0) is 9.26. The second-order valence-electron chi connectivity index (χ2n) is 3.12. The Bertz CT molecular complexity index is 315. The summed E-state index contributed by atoms with van der Waals surface area (Å²) in [5, 5.41) is 3.46. The number of aromatic nitrogens is 1. The molecule has 13 heavy (non-hydrogen) atoms. The highest BCUT2D eigenvalue weighted by molar-refractivity contribution is 5.92. The number of nitrogens with zero attached hydrogens (tertiary/aromatic N) is 2. The Labute approximate surface area is 75.5 Å². The first-order chi connectivity index (χ1) is 6.27. The Balaban J connectivity index is 2.12. The molecule has 1 aromatic heterocycles. The van der Waals surface area contributed by atoms with Gasteiger partial charge in [0, 0.05) is 19.2 Å². The van der Waals surface area contributed by atoms with Crippen molar-refractivity contribution in [3.63, 3.8) is 0 Å². The van der Waals surface area contributed by atoms with Crippen molar-refractivity contribution in [3.8, 4) is 0 Å². The number of anilines is 1. The molecule has 0 spiro atoms. The summed E-state index contributed by atoms with van der Waals surface area (Å²) in [4.78, 5) is 13.3. The van der Waals surface area contributed by atoms with E-state index >= 15 is 0 Å². The third-order valence-electron chi connectivity index (χ3n) is 2.13. The van der Waals surface area contributed by atoms with Crippen molar-refractivity contribution in [3.05, 3.63) is 11.8 Å². The fraction of sp³-hybridized carbons (Fsp3) is 0.500. The van der Waals surface area contributed by atoms with Crippen molar-refractivity contribution in [2.24, 2.45) is 0 Å². The highest BCUT2D eigenvalue weighted by Crippen LogP contribution is 2.13. The molecule has 1 aromatic rings. The number of amides is 1. The minimum Gasteiger partial charge on any atom is -0.381 e. The zero-order valence-corrected chi connectivity index (χ0v) is 7.19. The standard InChI is InChI=1S/C8H11N3O2/c9-7-5-6(13-10-7)8(12)11-3-1-2-4-11/h5H,1-4H2,(H2,9,10). The quantitative estimate of drug-likeness (QED) is 0.684. The predicted molar refractivity (Wildman–Crippen MR) is 46.1 cm³/mol. The lowest BCUT2D eigenvalue weighted by Gasteiger charge is -2.11. The third kappa shape index (κ3) is 1.49. The molecular formula is C8H11N3O2. The van der Waals surface area contributed by atoms with Gasteiger partial charge in [-0.3, -0.25) is 4.79 Å². The first-order valence-corrected chi connectivity index (χ1v) is 4.29. The maximum atomic E-state index is 11.6. The molecule has 0 radical (unpaired) electrons. The minimum atomic E-state index is -0.110. The number of likely N-dealkylation sites (tertiary alicyclic amines) is 1. The smallest absolute Gasteiger partial charge is 0.292 e. The van der Waals surface area contributed by atoms with Crippen LogP contribution in [0.2, 0.25) is 0 Å². The van der Waals surface area contributed by atoms with Crippen LogP contribution in [0.4, 0.5) is 5.82 Å². The van der Waals surface area contributed by atoms with Gasteiger partial charge in [-0.2, -0.15) is 0 Å². The molecule has 5 nitrogen and oxygen atoms in total. The topological polar surface area (TPSA) is 72.4 Å². The van der Waals surface area contributed by atoms with E-state index in [2.05, 4.69) is 5.16 Å². The van der Waals surface area contributed by atoms with Crippen LogP contribution < -0.4 is 5.73 Å². The van der Waals surface area contributed by atoms with Crippen molar-refractivity contribution < 1.29 is 9.32 Å². The number of rotatable bonds is 1. The molecule has 1 aliphatic rings. The van der Waals surface area contributed by atoms with Crippen LogP contribution in [0.3, 0.4) is 0 Å². The van der Waals surface area contributed by atoms with Gasteiger partial charge in [-0.25, -0.2) is 0 Å². The second kappa shape index (κ2) is 3.08. The Morgan fingerprint density at radius 1 is 1.54 bits per heavy atom. The number of nitrogen functional groups attached to an aromatic ring is 1. The number of nitrogens with two attached hydrogens (primary N) is 1. The van der Waals surface area contributed by atoms with Crippen LogP contribution in [0.25, 0.3) is 0 Å². The van der Waals surface area contributed by atoms with Crippen LogP contribution in [0.15, 0.2) is 10.6 Å². The van der Waals surface area contributed by atoms with Gasteiger partial charge in [-0.05, 0) is 12.8 Å². The summed E-state index contributed by atoms with van der Waals surface area (Å²) in [6.07, 6.45) is 2.13. The Morgan fingerprint density at radius 2 is 2.23 bits per heavy atom. The summed E-state index contributed by atoms with van der Waals surface area (Å²) in [6, 6.07) is 1.46. The molecule has 0 saturated carbocycles. The van der Waals surface area contributed by atoms with E-state index in [-0.39, 0.29) is 17.5 Å². The van der Waals surface area contributed by atoms with E-state index in [9.17, 15) is 4.79 Å². The molecule has 0 atom stereocenters. The van der Waals surface area contributed by atoms with E-state index in [0.29, 0.717) is 0 Å². The van der Waals surface area contributed by atoms with Gasteiger partial charge in [0.25, 0.3) is 5.91 Å². The molecule has 2 rings (SSSR count). The molecule has 1 aliphatic heterocycles. The summed E-state index contributed by atoms with van der Waals surface area (Å²) in [6.45, 7) is 1.61. The molecule has 0 aromatic carbocycles. The summed E-state index contributed by atoms with van der Waals surface area (Å²) < 4.78 is 4.77. The average molecular weight is 181 g/mol. The van der Waals surface area contributed by atoms with Crippen molar-refractivity contribution >= 4 is 11.7 Å². The van der Waals surface area contributed by atoms with Gasteiger partial charge in [-0.15, -0.1) is 0 Å². The Kier molecular flexibility index (Phi) is 1.92. The lowest BCUT2D eigenvalue weighted by atomic mass is 10.4. The van der Waals surface area contributed by atoms with E-state index in [4.69, 9.17) is 10.3 Å². The van der Waals surface area contributed by atoms with E-state index in [1.807, 2.05) is 0 Å². The Morgan fingerprint density at radius 3 is 2.77 bits per heavy atom. The van der Waals surface area contributed by atoms with Gasteiger partial charge in [-0.1, -0.05) is 5.16 Å². The van der Waals surface area contributed by atoms with Crippen LogP contribution in [-0.2, 0) is 0 Å². The zero-order valence-electron chi connectivity index (χ0n) is 7.19. The monoisotopic (exact) mass is 181 g/mol. The summed E-state index contributed by atoms with van der Waals surface area (Å²) >= 11 is 0. The molecule has 0 aliphatic carbocycles. The second-order valence-corrected chi connectivity index (χ2v) is 3.12. The van der Waals surface area contributed by atoms with Gasteiger partial charge in [0.1, 0.15) is 0 Å².